The minimum atomic E-state index is -3.48. The summed E-state index contributed by atoms with van der Waals surface area (Å²) in [4.78, 5) is 19.5. The molecular weight excluding hydrogens is 442 g/mol. The number of hydrogen-bond donors (Lipinski definition) is 2. The number of carbonyl (C=O) groups excluding carboxylic acids is 1. The number of likely N-dealkylation sites (tertiary alicyclic amines) is 1. The summed E-state index contributed by atoms with van der Waals surface area (Å²) >= 11 is 0. The molecule has 1 aromatic heterocycles. The lowest BCUT2D eigenvalue weighted by Crippen LogP contribution is -2.64. The van der Waals surface area contributed by atoms with E-state index in [0.29, 0.717) is 44.5 Å². The molecule has 1 spiro atoms. The van der Waals surface area contributed by atoms with Crippen molar-refractivity contribution in [2.45, 2.75) is 49.9 Å². The lowest BCUT2D eigenvalue weighted by molar-refractivity contribution is -0.187. The minimum absolute atomic E-state index is 0.0389. The van der Waals surface area contributed by atoms with Crippen molar-refractivity contribution in [3.8, 4) is 0 Å². The molecule has 0 unspecified atom stereocenters. The second-order valence-corrected chi connectivity index (χ2v) is 11.2. The molecule has 2 aromatic rings. The third-order valence-corrected chi connectivity index (χ3v) is 7.28. The van der Waals surface area contributed by atoms with E-state index in [2.05, 4.69) is 9.71 Å². The lowest BCUT2D eigenvalue weighted by atomic mass is 9.78. The molecule has 1 amide bonds. The van der Waals surface area contributed by atoms with E-state index in [1.165, 1.54) is 0 Å². The Bertz CT molecular complexity index is 1100. The first kappa shape index (κ1) is 23.8. The van der Waals surface area contributed by atoms with E-state index in [1.807, 2.05) is 42.5 Å². The third-order valence-electron chi connectivity index (χ3n) is 6.57. The van der Waals surface area contributed by atoms with Crippen molar-refractivity contribution in [3.05, 3.63) is 65.5 Å². The quantitative estimate of drug-likeness (QED) is 0.685. The monoisotopic (exact) mass is 473 g/mol. The smallest absolute Gasteiger partial charge is 0.272 e. The first-order valence-electron chi connectivity index (χ1n) is 11.2. The Balaban J connectivity index is 1.40. The van der Waals surface area contributed by atoms with E-state index in [9.17, 15) is 18.3 Å². The van der Waals surface area contributed by atoms with Crippen molar-refractivity contribution in [2.24, 2.45) is 0 Å². The molecule has 9 heteroatoms. The number of amides is 1. The van der Waals surface area contributed by atoms with Gasteiger partial charge < -0.3 is 14.7 Å². The number of sulfonamides is 1. The first-order chi connectivity index (χ1) is 15.6. The van der Waals surface area contributed by atoms with Gasteiger partial charge in [0, 0.05) is 25.2 Å². The molecular formula is C24H31N3O5S. The lowest BCUT2D eigenvalue weighted by Gasteiger charge is -2.50. The molecule has 178 valence electrons. The highest BCUT2D eigenvalue weighted by molar-refractivity contribution is 7.88. The number of aromatic nitrogens is 1. The van der Waals surface area contributed by atoms with Gasteiger partial charge in [-0.1, -0.05) is 36.4 Å². The van der Waals surface area contributed by atoms with E-state index >= 15 is 0 Å². The highest BCUT2D eigenvalue weighted by atomic mass is 32.2. The third kappa shape index (κ3) is 5.78. The Morgan fingerprint density at radius 1 is 1.18 bits per heavy atom. The number of hydrogen-bond acceptors (Lipinski definition) is 6. The standard InChI is InChI=1S/C24H31N3O5S/c1-23(29)17-32-24(16-21(23)26-33(2,30)31)11-13-27(14-12-24)22(28)20-10-6-9-19(25-20)15-18-7-4-3-5-8-18/h3-10,21,26,29H,11-17H2,1-2H3/t21-,23-/m0/s1. The fourth-order valence-electron chi connectivity index (χ4n) is 4.61. The number of aliphatic hydroxyl groups is 1. The Morgan fingerprint density at radius 3 is 2.55 bits per heavy atom. The predicted octanol–water partition coefficient (Wildman–Crippen LogP) is 1.74. The Labute approximate surface area is 195 Å². The number of piperidine rings is 1. The summed E-state index contributed by atoms with van der Waals surface area (Å²) < 4.78 is 32.2. The molecule has 2 aliphatic rings. The van der Waals surface area contributed by atoms with Gasteiger partial charge in [0.2, 0.25) is 10.0 Å². The van der Waals surface area contributed by atoms with Gasteiger partial charge in [-0.25, -0.2) is 18.1 Å². The van der Waals surface area contributed by atoms with Crippen LogP contribution in [0.25, 0.3) is 0 Å². The summed E-state index contributed by atoms with van der Waals surface area (Å²) in [5.74, 6) is -0.117. The van der Waals surface area contributed by atoms with Crippen LogP contribution in [0.4, 0.5) is 0 Å². The van der Waals surface area contributed by atoms with Gasteiger partial charge in [-0.15, -0.1) is 0 Å². The molecule has 33 heavy (non-hydrogen) atoms. The molecule has 8 nitrogen and oxygen atoms in total. The number of ether oxygens (including phenoxy) is 1. The Kier molecular flexibility index (Phi) is 6.59. The van der Waals surface area contributed by atoms with Crippen LogP contribution in [0.15, 0.2) is 48.5 Å². The van der Waals surface area contributed by atoms with Crippen LogP contribution in [0, 0.1) is 0 Å². The molecule has 0 radical (unpaired) electrons. The number of carbonyl (C=O) groups is 1. The maximum Gasteiger partial charge on any atom is 0.272 e. The van der Waals surface area contributed by atoms with Gasteiger partial charge >= 0.3 is 0 Å². The SMILES string of the molecule is C[C@]1(O)COC2(CCN(C(=O)c3cccc(Cc4ccccc4)n3)CC2)C[C@@H]1NS(C)(=O)=O. The topological polar surface area (TPSA) is 109 Å². The van der Waals surface area contributed by atoms with Gasteiger partial charge in [0.15, 0.2) is 0 Å². The highest BCUT2D eigenvalue weighted by Gasteiger charge is 2.49. The van der Waals surface area contributed by atoms with Gasteiger partial charge in [0.25, 0.3) is 5.91 Å². The zero-order chi connectivity index (χ0) is 23.7. The molecule has 2 aliphatic heterocycles. The van der Waals surface area contributed by atoms with Gasteiger partial charge in [-0.05, 0) is 43.9 Å². The Morgan fingerprint density at radius 2 is 1.88 bits per heavy atom. The number of nitrogens with one attached hydrogen (secondary N) is 1. The van der Waals surface area contributed by atoms with Crippen LogP contribution in [0.5, 0.6) is 0 Å². The summed E-state index contributed by atoms with van der Waals surface area (Å²) in [6.07, 6.45) is 3.25. The minimum Gasteiger partial charge on any atom is -0.386 e. The maximum absolute atomic E-state index is 13.1. The van der Waals surface area contributed by atoms with Crippen LogP contribution >= 0.6 is 0 Å². The van der Waals surface area contributed by atoms with Crippen LogP contribution in [-0.2, 0) is 21.2 Å². The van der Waals surface area contributed by atoms with Gasteiger partial charge in [0.1, 0.15) is 11.3 Å². The molecule has 0 aliphatic carbocycles. The number of nitrogens with zero attached hydrogens (tertiary/aromatic N) is 2. The van der Waals surface area contributed by atoms with E-state index in [4.69, 9.17) is 4.74 Å². The normalized spacial score (nSPS) is 25.2. The van der Waals surface area contributed by atoms with E-state index in [-0.39, 0.29) is 12.5 Å². The number of pyridine rings is 1. The first-order valence-corrected chi connectivity index (χ1v) is 13.1. The largest absolute Gasteiger partial charge is 0.386 e. The molecule has 2 saturated heterocycles. The fourth-order valence-corrected chi connectivity index (χ4v) is 5.46. The van der Waals surface area contributed by atoms with Crippen molar-refractivity contribution >= 4 is 15.9 Å². The van der Waals surface area contributed by atoms with Crippen LogP contribution < -0.4 is 4.72 Å². The van der Waals surface area contributed by atoms with Gasteiger partial charge in [-0.2, -0.15) is 0 Å². The summed E-state index contributed by atoms with van der Waals surface area (Å²) in [7, 11) is -3.48. The Hall–Kier alpha value is -2.33. The van der Waals surface area contributed by atoms with Crippen LogP contribution in [0.3, 0.4) is 0 Å². The van der Waals surface area contributed by atoms with Gasteiger partial charge in [-0.3, -0.25) is 4.79 Å². The van der Waals surface area contributed by atoms with E-state index in [1.54, 1.807) is 17.9 Å². The maximum atomic E-state index is 13.1. The fraction of sp³-hybridized carbons (Fsp3) is 0.500. The van der Waals surface area contributed by atoms with Crippen molar-refractivity contribution in [2.75, 3.05) is 26.0 Å². The molecule has 1 aromatic carbocycles. The summed E-state index contributed by atoms with van der Waals surface area (Å²) in [6.45, 7) is 2.58. The van der Waals surface area contributed by atoms with Crippen LogP contribution in [-0.4, -0.2) is 72.5 Å². The highest BCUT2D eigenvalue weighted by Crippen LogP contribution is 2.38. The summed E-state index contributed by atoms with van der Waals surface area (Å²) in [5.41, 5.74) is 0.544. The number of rotatable bonds is 5. The van der Waals surface area contributed by atoms with Crippen LogP contribution in [0.1, 0.15) is 47.9 Å². The molecule has 2 atom stereocenters. The van der Waals surface area contributed by atoms with Crippen molar-refractivity contribution < 1.29 is 23.1 Å². The molecule has 2 fully saturated rings. The van der Waals surface area contributed by atoms with E-state index in [0.717, 1.165) is 17.5 Å². The average molecular weight is 474 g/mol. The molecule has 2 N–H and O–H groups in total. The summed E-state index contributed by atoms with van der Waals surface area (Å²) in [6, 6.07) is 14.9. The van der Waals surface area contributed by atoms with Crippen molar-refractivity contribution in [3.63, 3.8) is 0 Å². The van der Waals surface area contributed by atoms with Crippen molar-refractivity contribution in [1.82, 2.24) is 14.6 Å². The molecule has 3 heterocycles. The summed E-state index contributed by atoms with van der Waals surface area (Å²) in [5, 5.41) is 10.6. The van der Waals surface area contributed by atoms with Gasteiger partial charge in [0.05, 0.1) is 24.5 Å². The molecule has 0 bridgehead atoms. The zero-order valence-corrected chi connectivity index (χ0v) is 19.8. The molecule has 0 saturated carbocycles. The zero-order valence-electron chi connectivity index (χ0n) is 19.0. The van der Waals surface area contributed by atoms with E-state index < -0.39 is 27.3 Å². The second kappa shape index (κ2) is 9.13. The van der Waals surface area contributed by atoms with Crippen LogP contribution in [0.2, 0.25) is 0 Å². The van der Waals surface area contributed by atoms with Crippen molar-refractivity contribution in [1.29, 1.82) is 0 Å². The molecule has 4 rings (SSSR count). The second-order valence-electron chi connectivity index (χ2n) is 9.44. The predicted molar refractivity (Wildman–Crippen MR) is 124 cm³/mol. The number of benzene rings is 1. The average Bonchev–Trinajstić information content (AvgIpc) is 2.77.